The summed E-state index contributed by atoms with van der Waals surface area (Å²) in [7, 11) is 0.175. The molecule has 0 aliphatic rings. The molecule has 0 saturated carbocycles. The van der Waals surface area contributed by atoms with Gasteiger partial charge in [0, 0.05) is 14.2 Å². The zero-order valence-electron chi connectivity index (χ0n) is 16.9. The van der Waals surface area contributed by atoms with Gasteiger partial charge >= 0.3 is 14.5 Å². The number of rotatable bonds is 12. The van der Waals surface area contributed by atoms with E-state index in [1.807, 2.05) is 0 Å². The second kappa shape index (κ2) is 12.5. The van der Waals surface area contributed by atoms with Crippen LogP contribution in [-0.2, 0) is 19.0 Å². The van der Waals surface area contributed by atoms with E-state index < -0.39 is 62.0 Å². The normalized spacial score (nSPS) is 12.0. The van der Waals surface area contributed by atoms with Gasteiger partial charge in [-0.05, 0) is 12.1 Å². The number of methoxy groups -OCH3 is 2. The number of esters is 1. The van der Waals surface area contributed by atoms with E-state index >= 15 is 0 Å². The molecule has 13 heteroatoms. The number of benzene rings is 2. The van der Waals surface area contributed by atoms with E-state index in [0.29, 0.717) is 0 Å². The van der Waals surface area contributed by atoms with Gasteiger partial charge in [0.25, 0.3) is 0 Å². The fourth-order valence-electron chi connectivity index (χ4n) is 2.25. The number of ether oxygens (including phenoxy) is 3. The number of nitrogens with one attached hydrogen (secondary N) is 1. The second-order valence-electron chi connectivity index (χ2n) is 6.01. The first kappa shape index (κ1) is 25.7. The van der Waals surface area contributed by atoms with E-state index in [9.17, 15) is 26.7 Å². The molecular formula is C19H19F5NO6P. The molecule has 0 saturated heterocycles. The van der Waals surface area contributed by atoms with Crippen LogP contribution in [0.25, 0.3) is 0 Å². The molecule has 2 aromatic carbocycles. The molecule has 32 heavy (non-hydrogen) atoms. The van der Waals surface area contributed by atoms with Crippen molar-refractivity contribution < 1.29 is 50.0 Å². The maximum absolute atomic E-state index is 14.0. The minimum Gasteiger partial charge on any atom is -0.456 e. The Morgan fingerprint density at radius 3 is 1.94 bits per heavy atom. The first-order valence-corrected chi connectivity index (χ1v) is 10.1. The average Bonchev–Trinajstić information content (AvgIpc) is 2.78. The topological polar surface area (TPSA) is 75.3 Å². The number of hydrogen-bond acceptors (Lipinski definition) is 7. The Morgan fingerprint density at radius 2 is 1.41 bits per heavy atom. The number of hydrogen-bond donors (Lipinski definition) is 1. The van der Waals surface area contributed by atoms with Crippen molar-refractivity contribution in [2.75, 3.05) is 34.0 Å². The highest BCUT2D eigenvalue weighted by Gasteiger charge is 2.30. The Bertz CT molecular complexity index is 873. The van der Waals surface area contributed by atoms with Crippen molar-refractivity contribution in [3.05, 3.63) is 59.4 Å². The lowest BCUT2D eigenvalue weighted by atomic mass is 10.3. The minimum atomic E-state index is -2.60. The molecule has 0 aromatic heterocycles. The van der Waals surface area contributed by atoms with Crippen LogP contribution in [0, 0.1) is 29.1 Å². The number of carbonyl (C=O) groups is 1. The van der Waals surface area contributed by atoms with Gasteiger partial charge in [-0.2, -0.15) is 8.78 Å². The quantitative estimate of drug-likeness (QED) is 0.162. The summed E-state index contributed by atoms with van der Waals surface area (Å²) < 4.78 is 93.5. The lowest BCUT2D eigenvalue weighted by molar-refractivity contribution is -0.153. The zero-order valence-corrected chi connectivity index (χ0v) is 17.8. The molecule has 0 fully saturated rings. The Kier molecular flexibility index (Phi) is 10.0. The summed E-state index contributed by atoms with van der Waals surface area (Å²) in [4.78, 5) is 12.1. The largest absolute Gasteiger partial charge is 0.456 e. The van der Waals surface area contributed by atoms with Crippen LogP contribution in [0.15, 0.2) is 30.3 Å². The molecule has 0 bridgehead atoms. The van der Waals surface area contributed by atoms with E-state index in [1.165, 1.54) is 26.4 Å². The van der Waals surface area contributed by atoms with Gasteiger partial charge in [-0.25, -0.2) is 18.3 Å². The van der Waals surface area contributed by atoms with Crippen LogP contribution in [0.1, 0.15) is 0 Å². The smallest absolute Gasteiger partial charge is 0.382 e. The van der Waals surface area contributed by atoms with Crippen LogP contribution in [0.5, 0.6) is 11.5 Å². The fourth-order valence-corrected chi connectivity index (χ4v) is 3.32. The number of carbonyl (C=O) groups excluding carboxylic acids is 1. The number of para-hydroxylation sites is 1. The monoisotopic (exact) mass is 483 g/mol. The van der Waals surface area contributed by atoms with E-state index in [4.69, 9.17) is 23.3 Å². The summed E-state index contributed by atoms with van der Waals surface area (Å²) in [6, 6.07) is 7.68. The van der Waals surface area contributed by atoms with Gasteiger partial charge in [0.2, 0.25) is 34.8 Å². The van der Waals surface area contributed by atoms with Crippen LogP contribution < -0.4 is 14.1 Å². The Hall–Kier alpha value is -2.53. The molecule has 0 spiro atoms. The first-order chi connectivity index (χ1) is 15.3. The maximum atomic E-state index is 14.0. The summed E-state index contributed by atoms with van der Waals surface area (Å²) in [5, 5.41) is 2.41. The van der Waals surface area contributed by atoms with Crippen LogP contribution >= 0.6 is 8.53 Å². The Balaban J connectivity index is 2.18. The molecule has 176 valence electrons. The number of halogens is 5. The molecule has 2 rings (SSSR count). The van der Waals surface area contributed by atoms with E-state index in [-0.39, 0.29) is 19.0 Å². The maximum Gasteiger partial charge on any atom is 0.382 e. The SMILES string of the molecule is COCC(COC)OC(=O)CNP(Oc1ccccc1)Oc1c(F)c(F)c(F)c(F)c1F. The molecule has 0 aliphatic carbocycles. The summed E-state index contributed by atoms with van der Waals surface area (Å²) in [6.45, 7) is -0.510. The van der Waals surface area contributed by atoms with Gasteiger partial charge < -0.3 is 23.3 Å². The standard InChI is InChI=1S/C19H19F5NO6P/c1-27-9-12(10-28-2)29-13(26)8-25-32(30-11-6-4-3-5-7-11)31-19-17(23)15(21)14(20)16(22)18(19)24/h3-7,12,25H,8-10H2,1-2H3. The van der Waals surface area contributed by atoms with Crippen LogP contribution in [0.2, 0.25) is 0 Å². The molecule has 0 amide bonds. The van der Waals surface area contributed by atoms with Crippen molar-refractivity contribution in [1.29, 1.82) is 0 Å². The third kappa shape index (κ3) is 6.99. The summed E-state index contributed by atoms with van der Waals surface area (Å²) in [5.41, 5.74) is 0. The van der Waals surface area contributed by atoms with Crippen molar-refractivity contribution in [3.63, 3.8) is 0 Å². The second-order valence-corrected chi connectivity index (χ2v) is 7.20. The van der Waals surface area contributed by atoms with Gasteiger partial charge in [-0.15, -0.1) is 0 Å². The molecule has 1 N–H and O–H groups in total. The van der Waals surface area contributed by atoms with Gasteiger partial charge in [0.1, 0.15) is 18.4 Å². The van der Waals surface area contributed by atoms with Crippen molar-refractivity contribution in [2.24, 2.45) is 0 Å². The molecule has 0 heterocycles. The molecule has 7 nitrogen and oxygen atoms in total. The van der Waals surface area contributed by atoms with Crippen molar-refractivity contribution in [1.82, 2.24) is 5.09 Å². The predicted molar refractivity (Wildman–Crippen MR) is 102 cm³/mol. The molecule has 0 aliphatic heterocycles. The predicted octanol–water partition coefficient (Wildman–Crippen LogP) is 3.86. The zero-order chi connectivity index (χ0) is 23.7. The molecule has 0 radical (unpaired) electrons. The highest BCUT2D eigenvalue weighted by Crippen LogP contribution is 2.40. The molecule has 1 unspecified atom stereocenters. The van der Waals surface area contributed by atoms with Gasteiger partial charge in [-0.1, -0.05) is 18.2 Å². The van der Waals surface area contributed by atoms with Gasteiger partial charge in [-0.3, -0.25) is 4.79 Å². The van der Waals surface area contributed by atoms with Crippen molar-refractivity contribution in [2.45, 2.75) is 6.10 Å². The van der Waals surface area contributed by atoms with E-state index in [1.54, 1.807) is 18.2 Å². The van der Waals surface area contributed by atoms with E-state index in [0.717, 1.165) is 0 Å². The lowest BCUT2D eigenvalue weighted by Gasteiger charge is -2.21. The molecule has 1 atom stereocenters. The van der Waals surface area contributed by atoms with Crippen LogP contribution in [-0.4, -0.2) is 46.1 Å². The van der Waals surface area contributed by atoms with E-state index in [2.05, 4.69) is 5.09 Å². The van der Waals surface area contributed by atoms with Crippen molar-refractivity contribution in [3.8, 4) is 11.5 Å². The fraction of sp³-hybridized carbons (Fsp3) is 0.316. The third-order valence-corrected chi connectivity index (χ3v) is 4.77. The van der Waals surface area contributed by atoms with Gasteiger partial charge in [0.15, 0.2) is 0 Å². The summed E-state index contributed by atoms with van der Waals surface area (Å²) in [6.07, 6.45) is -0.739. The Labute approximate surface area is 181 Å². The first-order valence-electron chi connectivity index (χ1n) is 8.91. The van der Waals surface area contributed by atoms with Crippen molar-refractivity contribution >= 4 is 14.5 Å². The highest BCUT2D eigenvalue weighted by atomic mass is 31.2. The summed E-state index contributed by atoms with van der Waals surface area (Å²) >= 11 is 0. The van der Waals surface area contributed by atoms with Crippen LogP contribution in [0.4, 0.5) is 22.0 Å². The minimum absolute atomic E-state index is 0.0376. The molecule has 2 aromatic rings. The highest BCUT2D eigenvalue weighted by molar-refractivity contribution is 7.45. The lowest BCUT2D eigenvalue weighted by Crippen LogP contribution is -2.32. The van der Waals surface area contributed by atoms with Gasteiger partial charge in [0.05, 0.1) is 13.2 Å². The molecular weight excluding hydrogens is 464 g/mol. The summed E-state index contributed by atoms with van der Waals surface area (Å²) in [5.74, 6) is -13.3. The average molecular weight is 483 g/mol. The van der Waals surface area contributed by atoms with Crippen LogP contribution in [0.3, 0.4) is 0 Å². The Morgan fingerprint density at radius 1 is 0.875 bits per heavy atom. The third-order valence-electron chi connectivity index (χ3n) is 3.63.